The molecule has 0 atom stereocenters. The van der Waals surface area contributed by atoms with Crippen LogP contribution in [0.5, 0.6) is 0 Å². The van der Waals surface area contributed by atoms with Crippen molar-refractivity contribution in [2.45, 2.75) is 75.8 Å². The van der Waals surface area contributed by atoms with Crippen molar-refractivity contribution in [3.63, 3.8) is 0 Å². The molecular formula is C14H27Al. The Balaban J connectivity index is 2.09. The Morgan fingerprint density at radius 3 is 2.67 bits per heavy atom. The molecule has 0 radical (unpaired) electrons. The Hall–Kier alpha value is 0.272. The van der Waals surface area contributed by atoms with Crippen LogP contribution in [-0.2, 0) is 0 Å². The van der Waals surface area contributed by atoms with Crippen LogP contribution in [0.4, 0.5) is 0 Å². The van der Waals surface area contributed by atoms with Gasteiger partial charge in [-0.3, -0.25) is 0 Å². The Kier molecular flexibility index (Phi) is 7.49. The molecule has 0 N–H and O–H groups in total. The van der Waals surface area contributed by atoms with Crippen molar-refractivity contribution >= 4 is 14.1 Å². The van der Waals surface area contributed by atoms with Crippen LogP contribution in [0.3, 0.4) is 0 Å². The molecule has 1 rings (SSSR count). The van der Waals surface area contributed by atoms with Crippen LogP contribution in [-0.4, -0.2) is 14.1 Å². The van der Waals surface area contributed by atoms with Crippen LogP contribution in [0, 0.1) is 0 Å². The van der Waals surface area contributed by atoms with E-state index in [4.69, 9.17) is 0 Å². The fourth-order valence-corrected chi connectivity index (χ4v) is 5.83. The van der Waals surface area contributed by atoms with Gasteiger partial charge in [-0.2, -0.15) is 0 Å². The van der Waals surface area contributed by atoms with Crippen LogP contribution in [0.2, 0.25) is 10.6 Å². The fourth-order valence-electron chi connectivity index (χ4n) is 2.71. The lowest BCUT2D eigenvalue weighted by Gasteiger charge is -2.03. The van der Waals surface area contributed by atoms with Crippen molar-refractivity contribution in [2.75, 3.05) is 0 Å². The molecule has 0 spiro atoms. The summed E-state index contributed by atoms with van der Waals surface area (Å²) in [6.07, 6.45) is 14.1. The van der Waals surface area contributed by atoms with Gasteiger partial charge in [0.1, 0.15) is 0 Å². The van der Waals surface area contributed by atoms with Crippen LogP contribution < -0.4 is 0 Å². The number of allylic oxidation sites excluding steroid dienone is 2. The zero-order valence-corrected chi connectivity index (χ0v) is 11.9. The topological polar surface area (TPSA) is 0 Å². The molecule has 15 heavy (non-hydrogen) atoms. The Bertz CT molecular complexity index is 184. The quantitative estimate of drug-likeness (QED) is 0.414. The lowest BCUT2D eigenvalue weighted by molar-refractivity contribution is 0.637. The molecule has 0 nitrogen and oxygen atoms in total. The van der Waals surface area contributed by atoms with Crippen molar-refractivity contribution in [1.29, 1.82) is 0 Å². The van der Waals surface area contributed by atoms with Crippen LogP contribution in [0.25, 0.3) is 0 Å². The molecule has 86 valence electrons. The zero-order valence-electron chi connectivity index (χ0n) is 10.7. The minimum absolute atomic E-state index is 0.379. The molecule has 1 heteroatoms. The molecule has 0 bridgehead atoms. The number of unbranched alkanes of at least 4 members (excludes halogenated alkanes) is 5. The number of hydrogen-bond acceptors (Lipinski definition) is 0. The van der Waals surface area contributed by atoms with Gasteiger partial charge in [-0.15, -0.1) is 10.5 Å². The standard InChI is InChI=1S/C12H22.C2H5.Al/c1-3-5-7-9-11-12-10-8-6-4-2;1-2;/h9H,1,3-6,8,10-12H2,2H3;1H2,2H3;. The first-order chi connectivity index (χ1) is 7.38. The Morgan fingerprint density at radius 1 is 1.13 bits per heavy atom. The van der Waals surface area contributed by atoms with Crippen LogP contribution >= 0.6 is 0 Å². The summed E-state index contributed by atoms with van der Waals surface area (Å²) in [5.41, 5.74) is 0. The second kappa shape index (κ2) is 8.43. The highest BCUT2D eigenvalue weighted by Crippen LogP contribution is 2.27. The van der Waals surface area contributed by atoms with Gasteiger partial charge in [0.15, 0.2) is 0 Å². The van der Waals surface area contributed by atoms with Gasteiger partial charge in [0.25, 0.3) is 14.1 Å². The third-order valence-electron chi connectivity index (χ3n) is 3.75. The molecule has 0 aromatic rings. The van der Waals surface area contributed by atoms with E-state index >= 15 is 0 Å². The highest BCUT2D eigenvalue weighted by Gasteiger charge is 2.24. The first kappa shape index (κ1) is 13.3. The SMILES string of the molecule is CCCCCCCC=[C]1CC[CH2][Al]1[CH2]C. The third kappa shape index (κ3) is 5.23. The van der Waals surface area contributed by atoms with Gasteiger partial charge in [0.05, 0.1) is 0 Å². The van der Waals surface area contributed by atoms with E-state index in [0.717, 1.165) is 0 Å². The first-order valence-electron chi connectivity index (χ1n) is 7.07. The van der Waals surface area contributed by atoms with E-state index in [1.165, 1.54) is 56.6 Å². The maximum absolute atomic E-state index is 2.62. The average Bonchev–Trinajstić information content (AvgIpc) is 2.70. The maximum Gasteiger partial charge on any atom is 0.298 e. The molecule has 1 heterocycles. The van der Waals surface area contributed by atoms with Crippen molar-refractivity contribution < 1.29 is 0 Å². The van der Waals surface area contributed by atoms with Gasteiger partial charge in [-0.1, -0.05) is 56.5 Å². The van der Waals surface area contributed by atoms with E-state index < -0.39 is 0 Å². The van der Waals surface area contributed by atoms with E-state index in [1.807, 2.05) is 4.44 Å². The van der Waals surface area contributed by atoms with Crippen LogP contribution in [0.1, 0.15) is 65.2 Å². The molecule has 0 aromatic carbocycles. The summed E-state index contributed by atoms with van der Waals surface area (Å²) in [5.74, 6) is 0. The van der Waals surface area contributed by atoms with Gasteiger partial charge >= 0.3 is 0 Å². The Morgan fingerprint density at radius 2 is 1.93 bits per heavy atom. The predicted octanol–water partition coefficient (Wildman–Crippen LogP) is 5.12. The van der Waals surface area contributed by atoms with Crippen molar-refractivity contribution in [3.8, 4) is 0 Å². The zero-order chi connectivity index (χ0) is 10.9. The summed E-state index contributed by atoms with van der Waals surface area (Å²) in [7, 11) is 0. The van der Waals surface area contributed by atoms with E-state index in [0.29, 0.717) is 0 Å². The van der Waals surface area contributed by atoms with Gasteiger partial charge in [0.2, 0.25) is 0 Å². The third-order valence-corrected chi connectivity index (χ3v) is 7.41. The lowest BCUT2D eigenvalue weighted by atomic mass is 10.1. The van der Waals surface area contributed by atoms with Crippen molar-refractivity contribution in [3.05, 3.63) is 10.5 Å². The molecule has 0 amide bonds. The first-order valence-corrected chi connectivity index (χ1v) is 9.28. The summed E-state index contributed by atoms with van der Waals surface area (Å²) >= 11 is -0.379. The molecular weight excluding hydrogens is 195 g/mol. The molecule has 1 aliphatic heterocycles. The lowest BCUT2D eigenvalue weighted by Crippen LogP contribution is -2.07. The van der Waals surface area contributed by atoms with Crippen molar-refractivity contribution in [1.82, 2.24) is 0 Å². The van der Waals surface area contributed by atoms with Crippen molar-refractivity contribution in [2.24, 2.45) is 0 Å². The maximum atomic E-state index is 2.62. The van der Waals surface area contributed by atoms with E-state index in [2.05, 4.69) is 19.9 Å². The van der Waals surface area contributed by atoms with E-state index in [1.54, 1.807) is 5.28 Å². The molecule has 1 aliphatic rings. The Labute approximate surface area is 101 Å². The molecule has 0 aromatic heterocycles. The summed E-state index contributed by atoms with van der Waals surface area (Å²) in [6, 6.07) is 0. The highest BCUT2D eigenvalue weighted by atomic mass is 27.2. The summed E-state index contributed by atoms with van der Waals surface area (Å²) in [6.45, 7) is 4.69. The molecule has 0 aliphatic carbocycles. The summed E-state index contributed by atoms with van der Waals surface area (Å²) in [4.78, 5) is 0. The second-order valence-corrected chi connectivity index (χ2v) is 8.51. The predicted molar refractivity (Wildman–Crippen MR) is 71.7 cm³/mol. The monoisotopic (exact) mass is 222 g/mol. The average molecular weight is 222 g/mol. The molecule has 0 unspecified atom stereocenters. The van der Waals surface area contributed by atoms with Crippen LogP contribution in [0.15, 0.2) is 10.5 Å². The second-order valence-electron chi connectivity index (χ2n) is 4.98. The smallest absolute Gasteiger partial charge is 0.134 e. The molecule has 0 saturated carbocycles. The number of hydrogen-bond donors (Lipinski definition) is 0. The van der Waals surface area contributed by atoms with Gasteiger partial charge in [-0.05, 0) is 19.3 Å². The summed E-state index contributed by atoms with van der Waals surface area (Å²) < 4.78 is 1.92. The molecule has 1 saturated heterocycles. The highest BCUT2D eigenvalue weighted by molar-refractivity contribution is 6.67. The van der Waals surface area contributed by atoms with Gasteiger partial charge in [0, 0.05) is 0 Å². The van der Waals surface area contributed by atoms with E-state index in [-0.39, 0.29) is 14.1 Å². The van der Waals surface area contributed by atoms with Gasteiger partial charge < -0.3 is 0 Å². The number of rotatable bonds is 7. The minimum Gasteiger partial charge on any atom is -0.134 e. The van der Waals surface area contributed by atoms with E-state index in [9.17, 15) is 0 Å². The van der Waals surface area contributed by atoms with Gasteiger partial charge in [-0.25, -0.2) is 0 Å². The summed E-state index contributed by atoms with van der Waals surface area (Å²) in [5, 5.41) is 3.10. The minimum atomic E-state index is -0.379. The normalized spacial score (nSPS) is 19.1. The largest absolute Gasteiger partial charge is 0.298 e. The fraction of sp³-hybridized carbons (Fsp3) is 0.857. The molecule has 1 fully saturated rings.